The van der Waals surface area contributed by atoms with Crippen molar-refractivity contribution in [2.45, 2.75) is 50.2 Å². The van der Waals surface area contributed by atoms with E-state index in [1.807, 2.05) is 24.8 Å². The third-order valence-electron chi connectivity index (χ3n) is 3.47. The Morgan fingerprint density at radius 1 is 1.38 bits per heavy atom. The normalized spacial score (nSPS) is 15.2. The lowest BCUT2D eigenvalue weighted by atomic mass is 9.96. The first-order chi connectivity index (χ1) is 10.0. The van der Waals surface area contributed by atoms with Crippen LogP contribution in [0.1, 0.15) is 39.2 Å². The van der Waals surface area contributed by atoms with Crippen LogP contribution < -0.4 is 5.32 Å². The summed E-state index contributed by atoms with van der Waals surface area (Å²) in [4.78, 5) is 12.1. The van der Waals surface area contributed by atoms with Crippen LogP contribution in [0.25, 0.3) is 0 Å². The van der Waals surface area contributed by atoms with Gasteiger partial charge in [-0.1, -0.05) is 44.2 Å². The van der Waals surface area contributed by atoms with Crippen LogP contribution in [-0.2, 0) is 15.3 Å². The predicted molar refractivity (Wildman–Crippen MR) is 90.5 cm³/mol. The fourth-order valence-electron chi connectivity index (χ4n) is 2.30. The maximum absolute atomic E-state index is 12.1. The SMILES string of the molecule is CCCNC(C)(CC(C)SCc1ccccc1)C(=O)OC. The molecule has 1 aromatic rings. The molecule has 0 saturated carbocycles. The molecule has 0 saturated heterocycles. The van der Waals surface area contributed by atoms with Gasteiger partial charge in [0.2, 0.25) is 0 Å². The number of esters is 1. The Balaban J connectivity index is 2.55. The monoisotopic (exact) mass is 309 g/mol. The van der Waals surface area contributed by atoms with Gasteiger partial charge in [0.25, 0.3) is 0 Å². The number of nitrogens with one attached hydrogen (secondary N) is 1. The van der Waals surface area contributed by atoms with E-state index in [4.69, 9.17) is 4.74 Å². The molecule has 3 nitrogen and oxygen atoms in total. The highest BCUT2D eigenvalue weighted by Crippen LogP contribution is 2.26. The lowest BCUT2D eigenvalue weighted by Gasteiger charge is -2.30. The molecule has 0 fully saturated rings. The zero-order valence-electron chi connectivity index (χ0n) is 13.5. The summed E-state index contributed by atoms with van der Waals surface area (Å²) in [7, 11) is 1.45. The lowest BCUT2D eigenvalue weighted by molar-refractivity contribution is -0.148. The number of benzene rings is 1. The second-order valence-electron chi connectivity index (χ2n) is 5.56. The van der Waals surface area contributed by atoms with Crippen LogP contribution in [0.15, 0.2) is 30.3 Å². The summed E-state index contributed by atoms with van der Waals surface area (Å²) in [6.07, 6.45) is 1.76. The third kappa shape index (κ3) is 6.10. The van der Waals surface area contributed by atoms with E-state index in [-0.39, 0.29) is 5.97 Å². The molecule has 0 aromatic heterocycles. The van der Waals surface area contributed by atoms with Gasteiger partial charge in [-0.25, -0.2) is 0 Å². The number of methoxy groups -OCH3 is 1. The Kier molecular flexibility index (Phi) is 7.83. The average molecular weight is 309 g/mol. The fraction of sp³-hybridized carbons (Fsp3) is 0.588. The molecule has 0 aliphatic carbocycles. The highest BCUT2D eigenvalue weighted by molar-refractivity contribution is 7.99. The van der Waals surface area contributed by atoms with Crippen LogP contribution in [0.5, 0.6) is 0 Å². The highest BCUT2D eigenvalue weighted by Gasteiger charge is 2.35. The lowest BCUT2D eigenvalue weighted by Crippen LogP contribution is -2.51. The molecule has 2 unspecified atom stereocenters. The summed E-state index contributed by atoms with van der Waals surface area (Å²) in [5, 5.41) is 3.71. The van der Waals surface area contributed by atoms with Crippen molar-refractivity contribution in [2.75, 3.05) is 13.7 Å². The Hall–Kier alpha value is -1.00. The maximum Gasteiger partial charge on any atom is 0.325 e. The summed E-state index contributed by atoms with van der Waals surface area (Å²) in [6.45, 7) is 7.02. The predicted octanol–water partition coefficient (Wildman–Crippen LogP) is 3.63. The first kappa shape index (κ1) is 18.1. The molecular weight excluding hydrogens is 282 g/mol. The van der Waals surface area contributed by atoms with Gasteiger partial charge in [0.1, 0.15) is 5.54 Å². The average Bonchev–Trinajstić information content (AvgIpc) is 2.51. The maximum atomic E-state index is 12.1. The summed E-state index contributed by atoms with van der Waals surface area (Å²) in [6, 6.07) is 10.4. The van der Waals surface area contributed by atoms with E-state index in [0.717, 1.165) is 25.1 Å². The number of carbonyl (C=O) groups excluding carboxylic acids is 1. The van der Waals surface area contributed by atoms with Crippen LogP contribution in [-0.4, -0.2) is 30.4 Å². The van der Waals surface area contributed by atoms with Crippen molar-refractivity contribution < 1.29 is 9.53 Å². The van der Waals surface area contributed by atoms with Crippen molar-refractivity contribution in [3.05, 3.63) is 35.9 Å². The van der Waals surface area contributed by atoms with Gasteiger partial charge < -0.3 is 10.1 Å². The van der Waals surface area contributed by atoms with Gasteiger partial charge in [0, 0.05) is 11.0 Å². The molecule has 0 amide bonds. The van der Waals surface area contributed by atoms with E-state index in [9.17, 15) is 4.79 Å². The summed E-state index contributed by atoms with van der Waals surface area (Å²) in [5.41, 5.74) is 0.712. The van der Waals surface area contributed by atoms with E-state index >= 15 is 0 Å². The Morgan fingerprint density at radius 2 is 2.05 bits per heavy atom. The minimum Gasteiger partial charge on any atom is -0.468 e. The molecule has 0 aliphatic rings. The Bertz CT molecular complexity index is 424. The van der Waals surface area contributed by atoms with Crippen molar-refractivity contribution in [3.8, 4) is 0 Å². The van der Waals surface area contributed by atoms with Gasteiger partial charge >= 0.3 is 5.97 Å². The number of hydrogen-bond donors (Lipinski definition) is 1. The van der Waals surface area contributed by atoms with Gasteiger partial charge in [-0.2, -0.15) is 11.8 Å². The van der Waals surface area contributed by atoms with Gasteiger partial charge in [-0.15, -0.1) is 0 Å². The zero-order valence-corrected chi connectivity index (χ0v) is 14.3. The molecule has 2 atom stereocenters. The van der Waals surface area contributed by atoms with Crippen LogP contribution in [0, 0.1) is 0 Å². The molecule has 0 heterocycles. The first-order valence-electron chi connectivity index (χ1n) is 7.50. The van der Waals surface area contributed by atoms with Crippen molar-refractivity contribution >= 4 is 17.7 Å². The largest absolute Gasteiger partial charge is 0.468 e. The smallest absolute Gasteiger partial charge is 0.325 e. The van der Waals surface area contributed by atoms with Gasteiger partial charge in [-0.3, -0.25) is 4.79 Å². The molecule has 1 rings (SSSR count). The standard InChI is InChI=1S/C17H27NO2S/c1-5-11-18-17(3,16(19)20-4)12-14(2)21-13-15-9-7-6-8-10-15/h6-10,14,18H,5,11-13H2,1-4H3. The zero-order chi connectivity index (χ0) is 15.7. The third-order valence-corrected chi connectivity index (χ3v) is 4.71. The van der Waals surface area contributed by atoms with Gasteiger partial charge in [0.05, 0.1) is 7.11 Å². The molecule has 118 valence electrons. The van der Waals surface area contributed by atoms with E-state index in [1.165, 1.54) is 12.7 Å². The summed E-state index contributed by atoms with van der Waals surface area (Å²) < 4.78 is 4.97. The number of thioether (sulfide) groups is 1. The van der Waals surface area contributed by atoms with Crippen molar-refractivity contribution in [1.29, 1.82) is 0 Å². The van der Waals surface area contributed by atoms with Crippen molar-refractivity contribution in [3.63, 3.8) is 0 Å². The van der Waals surface area contributed by atoms with E-state index < -0.39 is 5.54 Å². The van der Waals surface area contributed by atoms with Crippen LogP contribution in [0.4, 0.5) is 0 Å². The molecule has 0 spiro atoms. The fourth-order valence-corrected chi connectivity index (χ4v) is 3.42. The Morgan fingerprint density at radius 3 is 2.62 bits per heavy atom. The molecule has 0 radical (unpaired) electrons. The molecular formula is C17H27NO2S. The minimum atomic E-state index is -0.603. The molecule has 1 aromatic carbocycles. The van der Waals surface area contributed by atoms with Crippen molar-refractivity contribution in [2.24, 2.45) is 0 Å². The Labute approximate surface area is 132 Å². The second-order valence-corrected chi connectivity index (χ2v) is 6.99. The number of rotatable bonds is 9. The highest BCUT2D eigenvalue weighted by atomic mass is 32.2. The first-order valence-corrected chi connectivity index (χ1v) is 8.55. The van der Waals surface area contributed by atoms with Crippen LogP contribution in [0.3, 0.4) is 0 Å². The van der Waals surface area contributed by atoms with E-state index in [2.05, 4.69) is 43.4 Å². The number of carbonyl (C=O) groups is 1. The quantitative estimate of drug-likeness (QED) is 0.707. The minimum absolute atomic E-state index is 0.178. The molecule has 0 bridgehead atoms. The topological polar surface area (TPSA) is 38.3 Å². The van der Waals surface area contributed by atoms with Gasteiger partial charge in [-0.05, 0) is 31.9 Å². The molecule has 0 aliphatic heterocycles. The second kappa shape index (κ2) is 9.11. The van der Waals surface area contributed by atoms with E-state index in [0.29, 0.717) is 5.25 Å². The summed E-state index contributed by atoms with van der Waals surface area (Å²) in [5.74, 6) is 0.788. The van der Waals surface area contributed by atoms with E-state index in [1.54, 1.807) is 0 Å². The number of ether oxygens (including phenoxy) is 1. The van der Waals surface area contributed by atoms with Crippen LogP contribution >= 0.6 is 11.8 Å². The van der Waals surface area contributed by atoms with Crippen molar-refractivity contribution in [1.82, 2.24) is 5.32 Å². The molecule has 1 N–H and O–H groups in total. The summed E-state index contributed by atoms with van der Waals surface area (Å²) >= 11 is 1.87. The van der Waals surface area contributed by atoms with Gasteiger partial charge in [0.15, 0.2) is 0 Å². The number of hydrogen-bond acceptors (Lipinski definition) is 4. The molecule has 21 heavy (non-hydrogen) atoms. The molecule has 4 heteroatoms. The van der Waals surface area contributed by atoms with Crippen LogP contribution in [0.2, 0.25) is 0 Å².